The highest BCUT2D eigenvalue weighted by atomic mass is 79.9. The molecule has 0 saturated heterocycles. The van der Waals surface area contributed by atoms with Crippen molar-refractivity contribution in [2.45, 2.75) is 4.90 Å². The first-order valence-electron chi connectivity index (χ1n) is 6.84. The average molecular weight is 507 g/mol. The van der Waals surface area contributed by atoms with E-state index in [9.17, 15) is 17.6 Å². The number of rotatable bonds is 3. The van der Waals surface area contributed by atoms with Crippen LogP contribution < -0.4 is 4.87 Å². The second-order valence-electron chi connectivity index (χ2n) is 5.27. The molecule has 9 heteroatoms. The van der Waals surface area contributed by atoms with Crippen LogP contribution in [0, 0.1) is 5.82 Å². The van der Waals surface area contributed by atoms with E-state index in [0.29, 0.717) is 16.9 Å². The highest BCUT2D eigenvalue weighted by molar-refractivity contribution is 9.11. The quantitative estimate of drug-likeness (QED) is 0.520. The van der Waals surface area contributed by atoms with Crippen molar-refractivity contribution < 1.29 is 12.8 Å². The van der Waals surface area contributed by atoms with E-state index in [1.165, 1.54) is 16.7 Å². The van der Waals surface area contributed by atoms with Crippen molar-refractivity contribution in [3.8, 4) is 16.9 Å². The lowest BCUT2D eigenvalue weighted by Crippen LogP contribution is -2.12. The number of hydrogen-bond acceptors (Lipinski definition) is 4. The molecule has 0 aliphatic rings. The number of sulfone groups is 1. The summed E-state index contributed by atoms with van der Waals surface area (Å²) in [6.07, 6.45) is 0.949. The van der Waals surface area contributed by atoms with E-state index >= 15 is 0 Å². The van der Waals surface area contributed by atoms with Gasteiger partial charge in [-0.15, -0.1) is 0 Å². The van der Waals surface area contributed by atoms with Crippen LogP contribution in [-0.2, 0) is 9.84 Å². The lowest BCUT2D eigenvalue weighted by molar-refractivity contribution is 0.571. The third kappa shape index (κ3) is 3.79. The number of thiazole rings is 1. The Balaban J connectivity index is 2.21. The Morgan fingerprint density at radius 1 is 1.08 bits per heavy atom. The molecule has 0 unspecified atom stereocenters. The van der Waals surface area contributed by atoms with Gasteiger partial charge in [0.25, 0.3) is 0 Å². The monoisotopic (exact) mass is 505 g/mol. The van der Waals surface area contributed by atoms with Crippen LogP contribution in [0.3, 0.4) is 0 Å². The van der Waals surface area contributed by atoms with Gasteiger partial charge in [-0.3, -0.25) is 9.36 Å². The van der Waals surface area contributed by atoms with Gasteiger partial charge in [-0.25, -0.2) is 12.8 Å². The van der Waals surface area contributed by atoms with Crippen molar-refractivity contribution in [1.82, 2.24) is 4.57 Å². The van der Waals surface area contributed by atoms with E-state index in [2.05, 4.69) is 31.9 Å². The van der Waals surface area contributed by atoms with E-state index in [4.69, 9.17) is 0 Å². The molecule has 0 aliphatic heterocycles. The van der Waals surface area contributed by atoms with Crippen LogP contribution in [0.1, 0.15) is 0 Å². The van der Waals surface area contributed by atoms with Gasteiger partial charge in [0.15, 0.2) is 9.84 Å². The Morgan fingerprint density at radius 3 is 2.28 bits per heavy atom. The van der Waals surface area contributed by atoms with Gasteiger partial charge in [-0.05, 0) is 30.3 Å². The minimum atomic E-state index is -3.65. The molecule has 4 nitrogen and oxygen atoms in total. The molecule has 0 N–H and O–H groups in total. The van der Waals surface area contributed by atoms with Crippen molar-refractivity contribution in [3.63, 3.8) is 0 Å². The van der Waals surface area contributed by atoms with Crippen LogP contribution in [0.2, 0.25) is 0 Å². The van der Waals surface area contributed by atoms with Crippen LogP contribution in [-0.4, -0.2) is 19.2 Å². The second-order valence-corrected chi connectivity index (χ2v) is 9.90. The molecule has 0 amide bonds. The summed E-state index contributed by atoms with van der Waals surface area (Å²) in [5.41, 5.74) is 1.51. The summed E-state index contributed by atoms with van der Waals surface area (Å²) in [7, 11) is -3.65. The zero-order valence-corrected chi connectivity index (χ0v) is 17.5. The Bertz CT molecular complexity index is 1120. The normalized spacial score (nSPS) is 11.7. The average Bonchev–Trinajstić information content (AvgIpc) is 2.86. The summed E-state index contributed by atoms with van der Waals surface area (Å²) in [5.74, 6) is -0.847. The van der Waals surface area contributed by atoms with Crippen molar-refractivity contribution in [3.05, 3.63) is 66.2 Å². The third-order valence-electron chi connectivity index (χ3n) is 3.43. The molecule has 0 bridgehead atoms. The standard InChI is InChI=1S/C16H10Br2FNO3S2/c1-25(22,23)15-3-2-9(4-13(15)19)14-8-24-16(21)20(14)12-6-10(17)5-11(18)7-12/h2-8H,1H3. The summed E-state index contributed by atoms with van der Waals surface area (Å²) in [6.45, 7) is 0. The molecule has 0 saturated carbocycles. The maximum Gasteiger partial charge on any atom is 0.312 e. The lowest BCUT2D eigenvalue weighted by atomic mass is 10.1. The van der Waals surface area contributed by atoms with Crippen LogP contribution in [0.25, 0.3) is 16.9 Å². The number of benzene rings is 2. The summed E-state index contributed by atoms with van der Waals surface area (Å²) >= 11 is 7.74. The van der Waals surface area contributed by atoms with Crippen molar-refractivity contribution >= 4 is 53.0 Å². The minimum absolute atomic E-state index is 0.229. The van der Waals surface area contributed by atoms with Crippen LogP contribution in [0.5, 0.6) is 0 Å². The Kier molecular flexibility index (Phi) is 5.02. The van der Waals surface area contributed by atoms with Gasteiger partial charge in [0.1, 0.15) is 10.7 Å². The number of nitrogens with zero attached hydrogens (tertiary/aromatic N) is 1. The summed E-state index contributed by atoms with van der Waals surface area (Å²) in [6, 6.07) is 9.20. The summed E-state index contributed by atoms with van der Waals surface area (Å²) in [4.78, 5) is 11.7. The molecular formula is C16H10Br2FNO3S2. The fraction of sp³-hybridized carbons (Fsp3) is 0.0625. The predicted molar refractivity (Wildman–Crippen MR) is 104 cm³/mol. The number of halogens is 3. The molecule has 1 heterocycles. The first kappa shape index (κ1) is 18.5. The molecule has 3 rings (SSSR count). The Labute approximate surface area is 164 Å². The van der Waals surface area contributed by atoms with Gasteiger partial charge in [-0.1, -0.05) is 49.3 Å². The van der Waals surface area contributed by atoms with Crippen LogP contribution in [0.15, 0.2) is 60.4 Å². The molecule has 0 fully saturated rings. The molecular weight excluding hydrogens is 497 g/mol. The number of hydrogen-bond donors (Lipinski definition) is 0. The zero-order valence-electron chi connectivity index (χ0n) is 12.7. The fourth-order valence-corrected chi connectivity index (χ4v) is 5.14. The first-order valence-corrected chi connectivity index (χ1v) is 11.2. The number of aromatic nitrogens is 1. The van der Waals surface area contributed by atoms with Gasteiger partial charge >= 0.3 is 4.87 Å². The van der Waals surface area contributed by atoms with Gasteiger partial charge in [-0.2, -0.15) is 0 Å². The maximum atomic E-state index is 14.2. The van der Waals surface area contributed by atoms with Gasteiger partial charge in [0, 0.05) is 26.1 Å². The molecule has 0 aliphatic carbocycles. The molecule has 130 valence electrons. The van der Waals surface area contributed by atoms with E-state index in [0.717, 1.165) is 32.6 Å². The molecule has 0 spiro atoms. The first-order chi connectivity index (χ1) is 11.7. The molecule has 0 atom stereocenters. The molecule has 1 aromatic heterocycles. The van der Waals surface area contributed by atoms with Crippen LogP contribution in [0.4, 0.5) is 4.39 Å². The van der Waals surface area contributed by atoms with Gasteiger partial charge in [0.2, 0.25) is 0 Å². The zero-order chi connectivity index (χ0) is 18.4. The lowest BCUT2D eigenvalue weighted by Gasteiger charge is -2.10. The van der Waals surface area contributed by atoms with Gasteiger partial charge in [0.05, 0.1) is 11.4 Å². The van der Waals surface area contributed by atoms with Crippen LogP contribution >= 0.6 is 43.2 Å². The van der Waals surface area contributed by atoms with E-state index in [1.807, 2.05) is 6.07 Å². The third-order valence-corrected chi connectivity index (χ3v) is 6.20. The van der Waals surface area contributed by atoms with E-state index < -0.39 is 15.7 Å². The van der Waals surface area contributed by atoms with Gasteiger partial charge < -0.3 is 0 Å². The molecule has 25 heavy (non-hydrogen) atoms. The summed E-state index contributed by atoms with van der Waals surface area (Å²) < 4.78 is 40.4. The molecule has 0 radical (unpaired) electrons. The Morgan fingerprint density at radius 2 is 1.72 bits per heavy atom. The Hall–Kier alpha value is -1.29. The predicted octanol–water partition coefficient (Wildman–Crippen LogP) is 4.63. The second kappa shape index (κ2) is 6.79. The fourth-order valence-electron chi connectivity index (χ4n) is 2.38. The van der Waals surface area contributed by atoms with Crippen molar-refractivity contribution in [2.24, 2.45) is 0 Å². The SMILES string of the molecule is CS(=O)(=O)c1ccc(-c2csc(=O)n2-c2cc(Br)cc(Br)c2)cc1F. The largest absolute Gasteiger partial charge is 0.312 e. The molecule has 2 aromatic carbocycles. The molecule has 3 aromatic rings. The minimum Gasteiger partial charge on any atom is -0.267 e. The highest BCUT2D eigenvalue weighted by Gasteiger charge is 2.17. The highest BCUT2D eigenvalue weighted by Crippen LogP contribution is 2.29. The maximum absolute atomic E-state index is 14.2. The van der Waals surface area contributed by atoms with Crippen molar-refractivity contribution in [2.75, 3.05) is 6.26 Å². The van der Waals surface area contributed by atoms with Crippen molar-refractivity contribution in [1.29, 1.82) is 0 Å². The topological polar surface area (TPSA) is 56.1 Å². The van der Waals surface area contributed by atoms with E-state index in [1.54, 1.807) is 17.5 Å². The van der Waals surface area contributed by atoms with E-state index in [-0.39, 0.29) is 9.77 Å². The summed E-state index contributed by atoms with van der Waals surface area (Å²) in [5, 5.41) is 1.62. The smallest absolute Gasteiger partial charge is 0.267 e.